The number of carboxylic acid groups (broad SMARTS) is 1. The third-order valence-corrected chi connectivity index (χ3v) is 3.91. The van der Waals surface area contributed by atoms with E-state index in [0.29, 0.717) is 6.04 Å². The molecule has 1 aliphatic heterocycles. The highest BCUT2D eigenvalue weighted by atomic mass is 16.4. The van der Waals surface area contributed by atoms with Crippen LogP contribution in [-0.4, -0.2) is 53.6 Å². The van der Waals surface area contributed by atoms with E-state index in [4.69, 9.17) is 5.11 Å². The average Bonchev–Trinajstić information content (AvgIpc) is 2.41. The van der Waals surface area contributed by atoms with Gasteiger partial charge in [-0.25, -0.2) is 0 Å². The van der Waals surface area contributed by atoms with Gasteiger partial charge in [0.05, 0.1) is 6.54 Å². The molecule has 1 heterocycles. The monoisotopic (exact) mass is 276 g/mol. The summed E-state index contributed by atoms with van der Waals surface area (Å²) in [4.78, 5) is 15.3. The first-order valence-electron chi connectivity index (χ1n) is 7.33. The van der Waals surface area contributed by atoms with Crippen molar-refractivity contribution in [3.8, 4) is 0 Å². The normalized spacial score (nSPS) is 20.2. The van der Waals surface area contributed by atoms with E-state index in [1.54, 1.807) is 0 Å². The van der Waals surface area contributed by atoms with Crippen LogP contribution in [0.15, 0.2) is 30.3 Å². The van der Waals surface area contributed by atoms with Crippen LogP contribution in [-0.2, 0) is 11.3 Å². The van der Waals surface area contributed by atoms with Crippen molar-refractivity contribution in [2.75, 3.05) is 26.7 Å². The van der Waals surface area contributed by atoms with Crippen molar-refractivity contribution < 1.29 is 9.90 Å². The van der Waals surface area contributed by atoms with Gasteiger partial charge in [-0.05, 0) is 32.0 Å². The summed E-state index contributed by atoms with van der Waals surface area (Å²) in [6, 6.07) is 10.8. The summed E-state index contributed by atoms with van der Waals surface area (Å²) in [7, 11) is 2.11. The SMILES string of the molecule is CN(Cc1ccccc1)CC1CCCCN1CC(=O)O. The van der Waals surface area contributed by atoms with E-state index >= 15 is 0 Å². The van der Waals surface area contributed by atoms with Crippen LogP contribution in [0, 0.1) is 0 Å². The van der Waals surface area contributed by atoms with Gasteiger partial charge in [0.2, 0.25) is 0 Å². The standard InChI is InChI=1S/C16H24N2O2/c1-17(11-14-7-3-2-4-8-14)12-15-9-5-6-10-18(15)13-16(19)20/h2-4,7-8,15H,5-6,9-13H2,1H3,(H,19,20). The fourth-order valence-electron chi connectivity index (χ4n) is 2.97. The van der Waals surface area contributed by atoms with Crippen molar-refractivity contribution in [3.05, 3.63) is 35.9 Å². The van der Waals surface area contributed by atoms with Crippen molar-refractivity contribution in [3.63, 3.8) is 0 Å². The Morgan fingerprint density at radius 1 is 1.35 bits per heavy atom. The molecule has 0 saturated carbocycles. The molecule has 1 fully saturated rings. The van der Waals surface area contributed by atoms with Crippen molar-refractivity contribution in [2.45, 2.75) is 31.8 Å². The number of hydrogen-bond donors (Lipinski definition) is 1. The van der Waals surface area contributed by atoms with E-state index in [0.717, 1.165) is 32.5 Å². The fraction of sp³-hybridized carbons (Fsp3) is 0.562. The number of likely N-dealkylation sites (N-methyl/N-ethyl adjacent to an activating group) is 1. The largest absolute Gasteiger partial charge is 0.480 e. The topological polar surface area (TPSA) is 43.8 Å². The number of benzene rings is 1. The zero-order valence-electron chi connectivity index (χ0n) is 12.2. The number of nitrogens with zero attached hydrogens (tertiary/aromatic N) is 2. The Hall–Kier alpha value is -1.39. The molecule has 1 aliphatic rings. The molecular formula is C16H24N2O2. The third kappa shape index (κ3) is 4.62. The van der Waals surface area contributed by atoms with Gasteiger partial charge in [-0.3, -0.25) is 9.69 Å². The molecule has 1 saturated heterocycles. The van der Waals surface area contributed by atoms with Gasteiger partial charge in [0.25, 0.3) is 0 Å². The number of piperidine rings is 1. The lowest BCUT2D eigenvalue weighted by Gasteiger charge is -2.36. The number of likely N-dealkylation sites (tertiary alicyclic amines) is 1. The molecule has 0 radical (unpaired) electrons. The van der Waals surface area contributed by atoms with Crippen LogP contribution in [0.3, 0.4) is 0 Å². The summed E-state index contributed by atoms with van der Waals surface area (Å²) in [5, 5.41) is 9.00. The second-order valence-corrected chi connectivity index (χ2v) is 5.70. The molecule has 0 spiro atoms. The zero-order valence-corrected chi connectivity index (χ0v) is 12.2. The van der Waals surface area contributed by atoms with Crippen LogP contribution in [0.2, 0.25) is 0 Å². The minimum absolute atomic E-state index is 0.170. The molecule has 20 heavy (non-hydrogen) atoms. The molecule has 4 nitrogen and oxygen atoms in total. The Bertz CT molecular complexity index is 422. The summed E-state index contributed by atoms with van der Waals surface area (Å²) in [5.41, 5.74) is 1.30. The van der Waals surface area contributed by atoms with Crippen LogP contribution < -0.4 is 0 Å². The molecule has 1 unspecified atom stereocenters. The van der Waals surface area contributed by atoms with Gasteiger partial charge >= 0.3 is 5.97 Å². The predicted octanol–water partition coefficient (Wildman–Crippen LogP) is 2.06. The Balaban J connectivity index is 1.87. The van der Waals surface area contributed by atoms with Gasteiger partial charge in [0, 0.05) is 19.1 Å². The molecule has 1 N–H and O–H groups in total. The second kappa shape index (κ2) is 7.41. The summed E-state index contributed by atoms with van der Waals surface area (Å²) in [6.45, 7) is 2.93. The molecule has 1 aromatic carbocycles. The molecule has 2 rings (SSSR count). The van der Waals surface area contributed by atoms with Gasteiger partial charge in [-0.15, -0.1) is 0 Å². The van der Waals surface area contributed by atoms with Crippen LogP contribution >= 0.6 is 0 Å². The van der Waals surface area contributed by atoms with Gasteiger partial charge in [0.1, 0.15) is 0 Å². The maximum Gasteiger partial charge on any atom is 0.317 e. The first kappa shape index (κ1) is 15.0. The molecule has 110 valence electrons. The summed E-state index contributed by atoms with van der Waals surface area (Å²) in [6.07, 6.45) is 3.43. The second-order valence-electron chi connectivity index (χ2n) is 5.70. The number of hydrogen-bond acceptors (Lipinski definition) is 3. The minimum Gasteiger partial charge on any atom is -0.480 e. The van der Waals surface area contributed by atoms with E-state index in [2.05, 4.69) is 41.1 Å². The highest BCUT2D eigenvalue weighted by Gasteiger charge is 2.25. The average molecular weight is 276 g/mol. The van der Waals surface area contributed by atoms with Gasteiger partial charge in [0.15, 0.2) is 0 Å². The fourth-order valence-corrected chi connectivity index (χ4v) is 2.97. The minimum atomic E-state index is -0.720. The lowest BCUT2D eigenvalue weighted by atomic mass is 10.0. The van der Waals surface area contributed by atoms with Gasteiger partial charge < -0.3 is 10.0 Å². The van der Waals surface area contributed by atoms with Crippen molar-refractivity contribution in [1.29, 1.82) is 0 Å². The molecule has 0 aliphatic carbocycles. The quantitative estimate of drug-likeness (QED) is 0.863. The Morgan fingerprint density at radius 3 is 2.80 bits per heavy atom. The highest BCUT2D eigenvalue weighted by Crippen LogP contribution is 2.18. The maximum atomic E-state index is 10.9. The van der Waals surface area contributed by atoms with E-state index < -0.39 is 5.97 Å². The zero-order chi connectivity index (χ0) is 14.4. The number of carboxylic acids is 1. The Labute approximate surface area is 121 Å². The lowest BCUT2D eigenvalue weighted by molar-refractivity contribution is -0.139. The van der Waals surface area contributed by atoms with Crippen LogP contribution in [0.4, 0.5) is 0 Å². The number of rotatable bonds is 6. The van der Waals surface area contributed by atoms with Crippen molar-refractivity contribution in [1.82, 2.24) is 9.80 Å². The maximum absolute atomic E-state index is 10.9. The van der Waals surface area contributed by atoms with E-state index in [9.17, 15) is 4.79 Å². The van der Waals surface area contributed by atoms with E-state index in [1.165, 1.54) is 12.0 Å². The van der Waals surface area contributed by atoms with Gasteiger partial charge in [-0.1, -0.05) is 36.8 Å². The number of aliphatic carboxylic acids is 1. The van der Waals surface area contributed by atoms with E-state index in [-0.39, 0.29) is 6.54 Å². The molecule has 0 amide bonds. The first-order chi connectivity index (χ1) is 9.65. The Morgan fingerprint density at radius 2 is 2.10 bits per heavy atom. The summed E-state index contributed by atoms with van der Waals surface area (Å²) >= 11 is 0. The van der Waals surface area contributed by atoms with Gasteiger partial charge in [-0.2, -0.15) is 0 Å². The molecule has 0 aromatic heterocycles. The lowest BCUT2D eigenvalue weighted by Crippen LogP contribution is -2.47. The highest BCUT2D eigenvalue weighted by molar-refractivity contribution is 5.69. The molecule has 4 heteroatoms. The summed E-state index contributed by atoms with van der Waals surface area (Å²) in [5.74, 6) is -0.720. The first-order valence-corrected chi connectivity index (χ1v) is 7.33. The Kier molecular flexibility index (Phi) is 5.56. The molecule has 0 bridgehead atoms. The van der Waals surface area contributed by atoms with Crippen LogP contribution in [0.25, 0.3) is 0 Å². The molecular weight excluding hydrogens is 252 g/mol. The third-order valence-electron chi connectivity index (χ3n) is 3.91. The van der Waals surface area contributed by atoms with E-state index in [1.807, 2.05) is 6.07 Å². The smallest absolute Gasteiger partial charge is 0.317 e. The molecule has 1 atom stereocenters. The molecule has 1 aromatic rings. The van der Waals surface area contributed by atoms with Crippen LogP contribution in [0.5, 0.6) is 0 Å². The van der Waals surface area contributed by atoms with Crippen LogP contribution in [0.1, 0.15) is 24.8 Å². The number of carbonyl (C=O) groups is 1. The van der Waals surface area contributed by atoms with Crippen molar-refractivity contribution in [2.24, 2.45) is 0 Å². The predicted molar refractivity (Wildman–Crippen MR) is 79.6 cm³/mol. The summed E-state index contributed by atoms with van der Waals surface area (Å²) < 4.78 is 0. The van der Waals surface area contributed by atoms with Crippen molar-refractivity contribution >= 4 is 5.97 Å².